The monoisotopic (exact) mass is 397 g/mol. The van der Waals surface area contributed by atoms with E-state index in [0.717, 1.165) is 12.2 Å². The van der Waals surface area contributed by atoms with Gasteiger partial charge in [-0.1, -0.05) is 37.7 Å². The third-order valence-electron chi connectivity index (χ3n) is 4.57. The van der Waals surface area contributed by atoms with Crippen LogP contribution in [0.2, 0.25) is 0 Å². The highest BCUT2D eigenvalue weighted by Crippen LogP contribution is 2.37. The molecule has 0 bridgehead atoms. The number of nitrogens with zero attached hydrogens (tertiary/aromatic N) is 3. The fraction of sp³-hybridized carbons (Fsp3) is 0.300. The van der Waals surface area contributed by atoms with E-state index in [9.17, 15) is 9.59 Å². The van der Waals surface area contributed by atoms with Crippen molar-refractivity contribution in [2.45, 2.75) is 38.0 Å². The van der Waals surface area contributed by atoms with Crippen molar-refractivity contribution < 1.29 is 13.9 Å². The average molecular weight is 397 g/mol. The summed E-state index contributed by atoms with van der Waals surface area (Å²) < 4.78 is 7.27. The van der Waals surface area contributed by atoms with Crippen molar-refractivity contribution in [3.05, 3.63) is 58.8 Å². The molecule has 1 aromatic carbocycles. The molecule has 1 amide bonds. The molecule has 28 heavy (non-hydrogen) atoms. The molecule has 1 aliphatic heterocycles. The Hall–Kier alpha value is -2.87. The maximum Gasteiger partial charge on any atom is 0.325 e. The van der Waals surface area contributed by atoms with Crippen LogP contribution in [0.25, 0.3) is 11.3 Å². The lowest BCUT2D eigenvalue weighted by atomic mass is 10.0. The Balaban J connectivity index is 2.01. The number of aromatic amines is 1. The van der Waals surface area contributed by atoms with Crippen LogP contribution in [-0.4, -0.2) is 21.7 Å². The molecule has 8 heteroatoms. The molecule has 0 fully saturated rings. The van der Waals surface area contributed by atoms with Gasteiger partial charge in [0.2, 0.25) is 11.1 Å². The molecule has 0 radical (unpaired) electrons. The van der Waals surface area contributed by atoms with Gasteiger partial charge in [-0.2, -0.15) is 0 Å². The van der Waals surface area contributed by atoms with E-state index in [2.05, 4.69) is 17.0 Å². The van der Waals surface area contributed by atoms with E-state index in [1.165, 1.54) is 11.8 Å². The summed E-state index contributed by atoms with van der Waals surface area (Å²) in [5, 5.41) is 5.21. The summed E-state index contributed by atoms with van der Waals surface area (Å²) in [7, 11) is 0. The second-order valence-electron chi connectivity index (χ2n) is 6.42. The summed E-state index contributed by atoms with van der Waals surface area (Å²) in [6.07, 6.45) is 2.18. The van der Waals surface area contributed by atoms with Gasteiger partial charge in [-0.3, -0.25) is 14.6 Å². The highest BCUT2D eigenvalue weighted by atomic mass is 32.2. The van der Waals surface area contributed by atoms with Crippen molar-refractivity contribution in [3.8, 4) is 11.3 Å². The number of amides is 1. The average Bonchev–Trinajstić information content (AvgIpc) is 3.24. The van der Waals surface area contributed by atoms with Crippen LogP contribution in [0.5, 0.6) is 0 Å². The van der Waals surface area contributed by atoms with E-state index in [-0.39, 0.29) is 11.5 Å². The number of fused-ring (bicyclic) bond motifs is 3. The van der Waals surface area contributed by atoms with Crippen molar-refractivity contribution in [1.29, 1.82) is 0 Å². The van der Waals surface area contributed by atoms with Crippen LogP contribution >= 0.6 is 11.8 Å². The number of H-pyrrole nitrogens is 1. The van der Waals surface area contributed by atoms with E-state index >= 15 is 0 Å². The number of thioether (sulfide) groups is 1. The summed E-state index contributed by atoms with van der Waals surface area (Å²) in [6, 6.07) is 11.0. The topological polar surface area (TPSA) is 83.1 Å². The standard InChI is InChI=1S/C20H20N4O3S/c1-3-12-28-20-21-18(26)17-13-8-5-6-9-14(13)23(16(25)4-2)19(24(17)22-20)15-10-7-11-27-15/h5-11,19H,3-4,12H2,1-2H3/p+1. The number of carbonyl (C=O) groups is 1. The fourth-order valence-corrected chi connectivity index (χ4v) is 4.08. The van der Waals surface area contributed by atoms with Gasteiger partial charge >= 0.3 is 17.4 Å². The Bertz CT molecular complexity index is 1060. The number of rotatable bonds is 5. The van der Waals surface area contributed by atoms with E-state index < -0.39 is 6.17 Å². The lowest BCUT2D eigenvalue weighted by Gasteiger charge is -2.30. The molecule has 0 saturated heterocycles. The summed E-state index contributed by atoms with van der Waals surface area (Å²) in [6.45, 7) is 3.89. The van der Waals surface area contributed by atoms with Crippen molar-refractivity contribution in [2.75, 3.05) is 10.7 Å². The lowest BCUT2D eigenvalue weighted by molar-refractivity contribution is -0.764. The summed E-state index contributed by atoms with van der Waals surface area (Å²) >= 11 is 1.48. The van der Waals surface area contributed by atoms with Gasteiger partial charge in [-0.05, 0) is 35.4 Å². The fourth-order valence-electron chi connectivity index (χ4n) is 3.37. The molecule has 4 rings (SSSR count). The first-order valence-electron chi connectivity index (χ1n) is 9.29. The minimum Gasteiger partial charge on any atom is -0.460 e. The second-order valence-corrected chi connectivity index (χ2v) is 7.51. The van der Waals surface area contributed by atoms with Crippen molar-refractivity contribution in [1.82, 2.24) is 10.1 Å². The molecule has 3 aromatic rings. The molecule has 1 atom stereocenters. The molecule has 1 aliphatic rings. The van der Waals surface area contributed by atoms with Gasteiger partial charge in [0.05, 0.1) is 17.5 Å². The number of benzene rings is 1. The van der Waals surface area contributed by atoms with E-state index in [0.29, 0.717) is 34.3 Å². The van der Waals surface area contributed by atoms with Gasteiger partial charge < -0.3 is 4.42 Å². The number of aromatic nitrogens is 3. The minimum atomic E-state index is -0.657. The molecule has 1 N–H and O–H groups in total. The van der Waals surface area contributed by atoms with Crippen LogP contribution in [0, 0.1) is 0 Å². The molecule has 1 unspecified atom stereocenters. The number of carbonyl (C=O) groups excluding carboxylic acids is 1. The zero-order chi connectivity index (χ0) is 19.7. The third kappa shape index (κ3) is 3.03. The number of hydrogen-bond acceptors (Lipinski definition) is 5. The first-order valence-corrected chi connectivity index (χ1v) is 10.3. The van der Waals surface area contributed by atoms with Crippen molar-refractivity contribution >= 4 is 23.4 Å². The predicted octanol–water partition coefficient (Wildman–Crippen LogP) is 3.12. The lowest BCUT2D eigenvalue weighted by Crippen LogP contribution is -2.60. The normalized spacial score (nSPS) is 15.2. The van der Waals surface area contributed by atoms with Crippen molar-refractivity contribution in [2.24, 2.45) is 0 Å². The Labute approximate surface area is 166 Å². The third-order valence-corrected chi connectivity index (χ3v) is 5.64. The highest BCUT2D eigenvalue weighted by Gasteiger charge is 2.46. The van der Waals surface area contributed by atoms with Crippen LogP contribution in [0.3, 0.4) is 0 Å². The molecule has 2 aromatic heterocycles. The van der Waals surface area contributed by atoms with Gasteiger partial charge in [-0.15, -0.1) is 0 Å². The summed E-state index contributed by atoms with van der Waals surface area (Å²) in [4.78, 5) is 30.5. The van der Waals surface area contributed by atoms with E-state index in [1.54, 1.807) is 28.0 Å². The summed E-state index contributed by atoms with van der Waals surface area (Å²) in [5.41, 5.74) is 1.53. The predicted molar refractivity (Wildman–Crippen MR) is 106 cm³/mol. The van der Waals surface area contributed by atoms with E-state index in [1.807, 2.05) is 31.2 Å². The molecule has 7 nitrogen and oxygen atoms in total. The zero-order valence-electron chi connectivity index (χ0n) is 15.7. The van der Waals surface area contributed by atoms with Crippen LogP contribution in [0.15, 0.2) is 57.0 Å². The number of nitrogens with one attached hydrogen (secondary N) is 1. The number of furan rings is 1. The Morgan fingerprint density at radius 1 is 1.29 bits per heavy atom. The van der Waals surface area contributed by atoms with Gasteiger partial charge in [-0.25, -0.2) is 4.90 Å². The molecular formula is C20H21N4O3S+. The SMILES string of the molecule is CCCSc1n[n+]2c(c(=O)[nH]1)-c1ccccc1N(C(=O)CC)C2c1ccco1. The first kappa shape index (κ1) is 18.5. The van der Waals surface area contributed by atoms with Gasteiger partial charge in [0.1, 0.15) is 0 Å². The van der Waals surface area contributed by atoms with Crippen LogP contribution in [-0.2, 0) is 4.79 Å². The smallest absolute Gasteiger partial charge is 0.325 e. The summed E-state index contributed by atoms with van der Waals surface area (Å²) in [5.74, 6) is 1.31. The molecule has 0 spiro atoms. The minimum absolute atomic E-state index is 0.0724. The number of para-hydroxylation sites is 1. The van der Waals surface area contributed by atoms with Gasteiger partial charge in [0.25, 0.3) is 0 Å². The molecule has 0 aliphatic carbocycles. The molecule has 144 valence electrons. The van der Waals surface area contributed by atoms with Crippen LogP contribution in [0.1, 0.15) is 38.6 Å². The molecular weight excluding hydrogens is 376 g/mol. The highest BCUT2D eigenvalue weighted by molar-refractivity contribution is 7.99. The Kier molecular flexibility index (Phi) is 5.04. The molecule has 3 heterocycles. The largest absolute Gasteiger partial charge is 0.460 e. The number of anilines is 1. The number of hydrogen-bond donors (Lipinski definition) is 1. The second kappa shape index (κ2) is 7.63. The first-order chi connectivity index (χ1) is 13.7. The maximum atomic E-state index is 13.0. The Morgan fingerprint density at radius 2 is 2.11 bits per heavy atom. The van der Waals surface area contributed by atoms with E-state index in [4.69, 9.17) is 4.42 Å². The zero-order valence-corrected chi connectivity index (χ0v) is 16.5. The van der Waals surface area contributed by atoms with Crippen molar-refractivity contribution in [3.63, 3.8) is 0 Å². The quantitative estimate of drug-likeness (QED) is 0.528. The molecule has 0 saturated carbocycles. The van der Waals surface area contributed by atoms with Gasteiger partial charge in [0, 0.05) is 17.3 Å². The van der Waals surface area contributed by atoms with Crippen LogP contribution in [0.4, 0.5) is 5.69 Å². The van der Waals surface area contributed by atoms with Gasteiger partial charge in [0.15, 0.2) is 5.76 Å². The Morgan fingerprint density at radius 3 is 2.82 bits per heavy atom. The van der Waals surface area contributed by atoms with Crippen LogP contribution < -0.4 is 15.1 Å². The maximum absolute atomic E-state index is 13.0.